The molecule has 0 unspecified atom stereocenters. The van der Waals surface area contributed by atoms with E-state index in [-0.39, 0.29) is 11.5 Å². The first-order valence-electron chi connectivity index (χ1n) is 8.29. The summed E-state index contributed by atoms with van der Waals surface area (Å²) in [5, 5.41) is 0. The van der Waals surface area contributed by atoms with Crippen LogP contribution in [0.3, 0.4) is 0 Å². The number of carbonyl (C=O) groups excluding carboxylic acids is 1. The number of benzene rings is 1. The molecule has 0 atom stereocenters. The number of halogens is 1. The molecule has 0 amide bonds. The Bertz CT molecular complexity index is 684. The fourth-order valence-electron chi connectivity index (χ4n) is 3.05. The van der Waals surface area contributed by atoms with Gasteiger partial charge in [0.1, 0.15) is 0 Å². The summed E-state index contributed by atoms with van der Waals surface area (Å²) in [6, 6.07) is 4.45. The van der Waals surface area contributed by atoms with E-state index in [9.17, 15) is 13.2 Å². The number of sulfonamides is 1. The molecule has 0 N–H and O–H groups in total. The molecule has 134 valence electrons. The quantitative estimate of drug-likeness (QED) is 0.659. The highest BCUT2D eigenvalue weighted by Gasteiger charge is 2.27. The van der Waals surface area contributed by atoms with Crippen LogP contribution < -0.4 is 0 Å². The van der Waals surface area contributed by atoms with E-state index in [4.69, 9.17) is 4.74 Å². The Morgan fingerprint density at radius 3 is 2.54 bits per heavy atom. The lowest BCUT2D eigenvalue weighted by atomic mass is 9.89. The highest BCUT2D eigenvalue weighted by Crippen LogP contribution is 2.29. The molecule has 0 spiro atoms. The van der Waals surface area contributed by atoms with Gasteiger partial charge in [0.25, 0.3) is 0 Å². The van der Waals surface area contributed by atoms with Gasteiger partial charge in [-0.2, -0.15) is 0 Å². The molecule has 0 radical (unpaired) electrons. The van der Waals surface area contributed by atoms with Gasteiger partial charge in [-0.05, 0) is 59.8 Å². The second-order valence-electron chi connectivity index (χ2n) is 6.16. The molecule has 0 heterocycles. The average molecular weight is 418 g/mol. The topological polar surface area (TPSA) is 63.7 Å². The van der Waals surface area contributed by atoms with E-state index >= 15 is 0 Å². The Balaban J connectivity index is 2.17. The van der Waals surface area contributed by atoms with Gasteiger partial charge in [0.05, 0.1) is 17.1 Å². The van der Waals surface area contributed by atoms with Crippen molar-refractivity contribution in [3.63, 3.8) is 0 Å². The third kappa shape index (κ3) is 4.58. The molecule has 1 aliphatic rings. The summed E-state index contributed by atoms with van der Waals surface area (Å²) in [5.74, 6) is -0.0335. The summed E-state index contributed by atoms with van der Waals surface area (Å²) in [6.07, 6.45) is 5.77. The Morgan fingerprint density at radius 1 is 1.29 bits per heavy atom. The number of hydrogen-bond acceptors (Lipinski definition) is 4. The SMILES string of the molecule is CCOC(=O)c1ccc(S(=O)(=O)N(C)CC2CCCCC2)c(Br)c1. The number of esters is 1. The number of hydrogen-bond donors (Lipinski definition) is 0. The van der Waals surface area contributed by atoms with Crippen LogP contribution in [0.25, 0.3) is 0 Å². The maximum atomic E-state index is 12.8. The van der Waals surface area contributed by atoms with Crippen molar-refractivity contribution in [1.82, 2.24) is 4.31 Å². The van der Waals surface area contributed by atoms with Gasteiger partial charge in [-0.15, -0.1) is 0 Å². The summed E-state index contributed by atoms with van der Waals surface area (Å²) >= 11 is 3.28. The lowest BCUT2D eigenvalue weighted by Crippen LogP contribution is -2.33. The summed E-state index contributed by atoms with van der Waals surface area (Å²) in [4.78, 5) is 11.9. The summed E-state index contributed by atoms with van der Waals surface area (Å²) < 4.78 is 32.4. The largest absolute Gasteiger partial charge is 0.462 e. The van der Waals surface area contributed by atoms with Crippen LogP contribution in [0.15, 0.2) is 27.6 Å². The van der Waals surface area contributed by atoms with Crippen molar-refractivity contribution >= 4 is 31.9 Å². The molecule has 1 aromatic carbocycles. The average Bonchev–Trinajstić information content (AvgIpc) is 2.55. The second-order valence-corrected chi connectivity index (χ2v) is 9.02. The van der Waals surface area contributed by atoms with Gasteiger partial charge in [0.2, 0.25) is 10.0 Å². The fourth-order valence-corrected chi connectivity index (χ4v) is 5.33. The van der Waals surface area contributed by atoms with E-state index in [0.29, 0.717) is 22.5 Å². The Morgan fingerprint density at radius 2 is 1.96 bits per heavy atom. The molecule has 1 saturated carbocycles. The highest BCUT2D eigenvalue weighted by atomic mass is 79.9. The molecule has 0 aromatic heterocycles. The molecular weight excluding hydrogens is 394 g/mol. The molecule has 1 fully saturated rings. The van der Waals surface area contributed by atoms with Gasteiger partial charge in [0, 0.05) is 18.1 Å². The maximum Gasteiger partial charge on any atom is 0.338 e. The first-order chi connectivity index (χ1) is 11.4. The van der Waals surface area contributed by atoms with Crippen LogP contribution >= 0.6 is 15.9 Å². The Labute approximate surface area is 152 Å². The van der Waals surface area contributed by atoms with E-state index in [0.717, 1.165) is 12.8 Å². The third-order valence-electron chi connectivity index (χ3n) is 4.37. The van der Waals surface area contributed by atoms with Gasteiger partial charge in [0.15, 0.2) is 0 Å². The Kier molecular flexibility index (Phi) is 6.83. The molecule has 5 nitrogen and oxygen atoms in total. The van der Waals surface area contributed by atoms with E-state index in [1.54, 1.807) is 14.0 Å². The van der Waals surface area contributed by atoms with Crippen LogP contribution in [0.5, 0.6) is 0 Å². The predicted molar refractivity (Wildman–Crippen MR) is 96.5 cm³/mol. The first kappa shape index (κ1) is 19.4. The molecule has 7 heteroatoms. The predicted octanol–water partition coefficient (Wildman–Crippen LogP) is 3.83. The van der Waals surface area contributed by atoms with Gasteiger partial charge in [-0.25, -0.2) is 17.5 Å². The molecule has 1 aliphatic carbocycles. The van der Waals surface area contributed by atoms with Gasteiger partial charge < -0.3 is 4.74 Å². The van der Waals surface area contributed by atoms with Crippen molar-refractivity contribution in [1.29, 1.82) is 0 Å². The number of nitrogens with zero attached hydrogens (tertiary/aromatic N) is 1. The van der Waals surface area contributed by atoms with E-state index in [1.165, 1.54) is 41.8 Å². The minimum absolute atomic E-state index is 0.175. The Hall–Kier alpha value is -0.920. The number of carbonyl (C=O) groups is 1. The van der Waals surface area contributed by atoms with Crippen LogP contribution in [0.1, 0.15) is 49.4 Å². The van der Waals surface area contributed by atoms with E-state index < -0.39 is 16.0 Å². The van der Waals surface area contributed by atoms with Crippen LogP contribution in [0.4, 0.5) is 0 Å². The van der Waals surface area contributed by atoms with Crippen molar-refractivity contribution in [2.45, 2.75) is 43.9 Å². The van der Waals surface area contributed by atoms with Crippen molar-refractivity contribution in [3.05, 3.63) is 28.2 Å². The zero-order valence-electron chi connectivity index (χ0n) is 14.1. The molecule has 0 aliphatic heterocycles. The fraction of sp³-hybridized carbons (Fsp3) is 0.588. The highest BCUT2D eigenvalue weighted by molar-refractivity contribution is 9.10. The zero-order valence-corrected chi connectivity index (χ0v) is 16.5. The molecule has 1 aromatic rings. The van der Waals surface area contributed by atoms with Crippen molar-refractivity contribution in [3.8, 4) is 0 Å². The van der Waals surface area contributed by atoms with Crippen molar-refractivity contribution in [2.24, 2.45) is 5.92 Å². The molecule has 0 saturated heterocycles. The first-order valence-corrected chi connectivity index (χ1v) is 10.5. The lowest BCUT2D eigenvalue weighted by Gasteiger charge is -2.27. The number of ether oxygens (including phenoxy) is 1. The minimum atomic E-state index is -3.59. The number of rotatable bonds is 6. The van der Waals surface area contributed by atoms with E-state index in [2.05, 4.69) is 15.9 Å². The monoisotopic (exact) mass is 417 g/mol. The van der Waals surface area contributed by atoms with Crippen LogP contribution in [0.2, 0.25) is 0 Å². The zero-order chi connectivity index (χ0) is 17.7. The minimum Gasteiger partial charge on any atom is -0.462 e. The van der Waals surface area contributed by atoms with Crippen LogP contribution in [-0.4, -0.2) is 38.9 Å². The summed E-state index contributed by atoms with van der Waals surface area (Å²) in [5.41, 5.74) is 0.331. The normalized spacial score (nSPS) is 16.3. The standard InChI is InChI=1S/C17H24BrNO4S/c1-3-23-17(20)14-9-10-16(15(18)11-14)24(21,22)19(2)12-13-7-5-4-6-8-13/h9-11,13H,3-8,12H2,1-2H3. The van der Waals surface area contributed by atoms with Gasteiger partial charge in [-0.1, -0.05) is 19.3 Å². The molecular formula is C17H24BrNO4S. The van der Waals surface area contributed by atoms with Gasteiger partial charge in [-0.3, -0.25) is 0 Å². The maximum absolute atomic E-state index is 12.8. The molecule has 2 rings (SSSR count). The second kappa shape index (κ2) is 8.45. The summed E-state index contributed by atoms with van der Waals surface area (Å²) in [6.45, 7) is 2.54. The van der Waals surface area contributed by atoms with Crippen molar-refractivity contribution in [2.75, 3.05) is 20.2 Å². The molecule has 24 heavy (non-hydrogen) atoms. The smallest absolute Gasteiger partial charge is 0.338 e. The van der Waals surface area contributed by atoms with Crippen LogP contribution in [-0.2, 0) is 14.8 Å². The van der Waals surface area contributed by atoms with Gasteiger partial charge >= 0.3 is 5.97 Å². The molecule has 0 bridgehead atoms. The lowest BCUT2D eigenvalue weighted by molar-refractivity contribution is 0.0526. The third-order valence-corrected chi connectivity index (χ3v) is 7.17. The summed E-state index contributed by atoms with van der Waals surface area (Å²) in [7, 11) is -1.97. The van der Waals surface area contributed by atoms with Crippen LogP contribution in [0, 0.1) is 5.92 Å². The van der Waals surface area contributed by atoms with E-state index in [1.807, 2.05) is 0 Å². The van der Waals surface area contributed by atoms with Crippen molar-refractivity contribution < 1.29 is 17.9 Å².